The minimum atomic E-state index is -3.27. The number of rotatable bonds is 8. The summed E-state index contributed by atoms with van der Waals surface area (Å²) in [5, 5.41) is 3.15. The molecule has 4 aromatic rings. The minimum Gasteiger partial charge on any atom is -0.361 e. The van der Waals surface area contributed by atoms with E-state index < -0.39 is 9.84 Å². The molecule has 1 aromatic carbocycles. The van der Waals surface area contributed by atoms with Gasteiger partial charge in [-0.1, -0.05) is 18.6 Å². The topological polar surface area (TPSA) is 133 Å². The molecule has 0 amide bonds. The van der Waals surface area contributed by atoms with Crippen LogP contribution in [-0.2, 0) is 22.9 Å². The maximum absolute atomic E-state index is 13.6. The molecule has 0 saturated heterocycles. The molecule has 0 bridgehead atoms. The highest BCUT2D eigenvalue weighted by molar-refractivity contribution is 7.90. The van der Waals surface area contributed by atoms with Crippen LogP contribution < -0.4 is 10.9 Å². The van der Waals surface area contributed by atoms with Gasteiger partial charge in [-0.3, -0.25) is 9.36 Å². The number of aromatic nitrogens is 6. The van der Waals surface area contributed by atoms with Gasteiger partial charge in [-0.25, -0.2) is 33.3 Å². The van der Waals surface area contributed by atoms with Gasteiger partial charge in [0, 0.05) is 25.3 Å². The summed E-state index contributed by atoms with van der Waals surface area (Å²) in [6.07, 6.45) is 9.97. The summed E-state index contributed by atoms with van der Waals surface area (Å²) in [5.41, 5.74) is 4.29. The van der Waals surface area contributed by atoms with Gasteiger partial charge in [0.25, 0.3) is 5.56 Å². The van der Waals surface area contributed by atoms with Crippen molar-refractivity contribution in [2.75, 3.05) is 11.6 Å². The molecule has 11 heteroatoms. The second kappa shape index (κ2) is 9.54. The fourth-order valence-electron chi connectivity index (χ4n) is 4.85. The van der Waals surface area contributed by atoms with E-state index in [1.54, 1.807) is 41.4 Å². The van der Waals surface area contributed by atoms with Crippen molar-refractivity contribution < 1.29 is 8.42 Å². The number of nitrogens with zero attached hydrogens (tertiary/aromatic N) is 6. The van der Waals surface area contributed by atoms with Gasteiger partial charge in [-0.2, -0.15) is 0 Å². The molecule has 0 atom stereocenters. The van der Waals surface area contributed by atoms with Crippen LogP contribution in [0.2, 0.25) is 0 Å². The van der Waals surface area contributed by atoms with E-state index in [0.717, 1.165) is 48.2 Å². The first kappa shape index (κ1) is 24.6. The van der Waals surface area contributed by atoms with E-state index >= 15 is 0 Å². The molecule has 0 aliphatic heterocycles. The van der Waals surface area contributed by atoms with Crippen LogP contribution in [0.5, 0.6) is 0 Å². The fourth-order valence-corrected chi connectivity index (χ4v) is 5.48. The molecule has 2 saturated carbocycles. The maximum Gasteiger partial charge on any atom is 0.294 e. The molecule has 2 aliphatic carbocycles. The highest BCUT2D eigenvalue weighted by Crippen LogP contribution is 2.43. The van der Waals surface area contributed by atoms with Gasteiger partial charge in [0.05, 0.1) is 28.0 Å². The number of benzene rings is 1. The molecule has 196 valence electrons. The Morgan fingerprint density at radius 3 is 2.45 bits per heavy atom. The van der Waals surface area contributed by atoms with Crippen molar-refractivity contribution in [2.24, 2.45) is 5.92 Å². The molecule has 6 rings (SSSR count). The molecule has 3 aromatic heterocycles. The van der Waals surface area contributed by atoms with E-state index in [2.05, 4.69) is 25.3 Å². The second-order valence-corrected chi connectivity index (χ2v) is 12.4. The molecule has 2 aliphatic rings. The molecule has 38 heavy (non-hydrogen) atoms. The van der Waals surface area contributed by atoms with Gasteiger partial charge in [0.15, 0.2) is 27.1 Å². The zero-order chi connectivity index (χ0) is 26.4. The molecule has 2 fully saturated rings. The number of fused-ring (bicyclic) bond motifs is 1. The monoisotopic (exact) mass is 531 g/mol. The number of sulfone groups is 1. The van der Waals surface area contributed by atoms with E-state index in [1.165, 1.54) is 12.7 Å². The molecule has 1 N–H and O–H groups in total. The number of nitrogens with one attached hydrogen (secondary N) is 1. The van der Waals surface area contributed by atoms with Crippen LogP contribution in [0.15, 0.2) is 46.5 Å². The third-order valence-corrected chi connectivity index (χ3v) is 8.54. The highest BCUT2D eigenvalue weighted by atomic mass is 32.2. The normalized spacial score (nSPS) is 15.9. The van der Waals surface area contributed by atoms with E-state index in [1.807, 2.05) is 6.92 Å². The van der Waals surface area contributed by atoms with Crippen LogP contribution in [0.4, 0.5) is 5.82 Å². The maximum atomic E-state index is 13.6. The molecular formula is C27H29N7O3S. The Kier molecular flexibility index (Phi) is 6.17. The van der Waals surface area contributed by atoms with Crippen molar-refractivity contribution in [3.8, 4) is 11.4 Å². The van der Waals surface area contributed by atoms with Crippen LogP contribution in [0.25, 0.3) is 22.6 Å². The average molecular weight is 532 g/mol. The van der Waals surface area contributed by atoms with Crippen LogP contribution in [0, 0.1) is 12.8 Å². The van der Waals surface area contributed by atoms with E-state index in [9.17, 15) is 13.2 Å². The Balaban J connectivity index is 1.38. The lowest BCUT2D eigenvalue weighted by molar-refractivity contribution is 0.276. The van der Waals surface area contributed by atoms with Crippen LogP contribution in [-0.4, -0.2) is 44.2 Å². The van der Waals surface area contributed by atoms with E-state index in [4.69, 9.17) is 4.98 Å². The first-order chi connectivity index (χ1) is 18.3. The molecule has 10 nitrogen and oxygen atoms in total. The summed E-state index contributed by atoms with van der Waals surface area (Å²) in [7, 11) is -3.27. The zero-order valence-corrected chi connectivity index (χ0v) is 22.2. The zero-order valence-electron chi connectivity index (χ0n) is 21.4. The van der Waals surface area contributed by atoms with Crippen molar-refractivity contribution in [1.29, 1.82) is 0 Å². The Morgan fingerprint density at radius 2 is 1.79 bits per heavy atom. The average Bonchev–Trinajstić information content (AvgIpc) is 3.71. The van der Waals surface area contributed by atoms with E-state index in [0.29, 0.717) is 41.9 Å². The quantitative estimate of drug-likeness (QED) is 0.362. The van der Waals surface area contributed by atoms with Gasteiger partial charge >= 0.3 is 0 Å². The lowest BCUT2D eigenvalue weighted by Gasteiger charge is -2.26. The first-order valence-electron chi connectivity index (χ1n) is 12.9. The number of aryl methyl sites for hydroxylation is 1. The third kappa shape index (κ3) is 4.78. The van der Waals surface area contributed by atoms with Gasteiger partial charge in [0.2, 0.25) is 0 Å². The Labute approximate surface area is 220 Å². The number of hydrogen-bond donors (Lipinski definition) is 1. The van der Waals surface area contributed by atoms with Crippen molar-refractivity contribution in [3.05, 3.63) is 64.1 Å². The molecule has 0 unspecified atom stereocenters. The van der Waals surface area contributed by atoms with Gasteiger partial charge < -0.3 is 5.32 Å². The first-order valence-corrected chi connectivity index (χ1v) is 14.8. The number of anilines is 1. The van der Waals surface area contributed by atoms with Crippen molar-refractivity contribution >= 4 is 26.8 Å². The molecule has 0 radical (unpaired) electrons. The van der Waals surface area contributed by atoms with Crippen LogP contribution in [0.3, 0.4) is 0 Å². The Morgan fingerprint density at radius 1 is 1.03 bits per heavy atom. The summed E-state index contributed by atoms with van der Waals surface area (Å²) in [4.78, 5) is 36.9. The fraction of sp³-hybridized carbons (Fsp3) is 0.407. The summed E-state index contributed by atoms with van der Waals surface area (Å²) in [6.45, 7) is 2.84. The van der Waals surface area contributed by atoms with Crippen molar-refractivity contribution in [1.82, 2.24) is 29.5 Å². The minimum absolute atomic E-state index is 0.221. The lowest BCUT2D eigenvalue weighted by Crippen LogP contribution is -2.30. The summed E-state index contributed by atoms with van der Waals surface area (Å²) >= 11 is 0. The molecular weight excluding hydrogens is 502 g/mol. The molecule has 3 heterocycles. The second-order valence-electron chi connectivity index (χ2n) is 10.3. The summed E-state index contributed by atoms with van der Waals surface area (Å²) in [5.74, 6) is 1.57. The third-order valence-electron chi connectivity index (χ3n) is 7.42. The van der Waals surface area contributed by atoms with Crippen molar-refractivity contribution in [2.45, 2.75) is 62.9 Å². The Bertz CT molecular complexity index is 1690. The van der Waals surface area contributed by atoms with Gasteiger partial charge in [-0.15, -0.1) is 0 Å². The number of hydrogen-bond acceptors (Lipinski definition) is 9. The Hall–Kier alpha value is -3.73. The standard InChI is InChI=1S/C27H29N7O3S/c1-16-22(23(19-8-9-19)31-15-30-16)24-29-13-21-26(33-24)34(14-18-4-3-5-18)27(35)25(32-21)28-12-17-6-10-20(11-7-17)38(2,36)37/h6-7,10-11,13,15,18-19H,3-5,8-9,12,14H2,1-2H3,(H,28,32). The molecule has 0 spiro atoms. The largest absolute Gasteiger partial charge is 0.361 e. The summed E-state index contributed by atoms with van der Waals surface area (Å²) < 4.78 is 25.2. The predicted molar refractivity (Wildman–Crippen MR) is 144 cm³/mol. The lowest BCUT2D eigenvalue weighted by atomic mass is 9.85. The predicted octanol–water partition coefficient (Wildman–Crippen LogP) is 3.65. The van der Waals surface area contributed by atoms with Gasteiger partial charge in [-0.05, 0) is 56.2 Å². The van der Waals surface area contributed by atoms with Crippen LogP contribution >= 0.6 is 0 Å². The summed E-state index contributed by atoms with van der Waals surface area (Å²) in [6, 6.07) is 6.59. The highest BCUT2D eigenvalue weighted by Gasteiger charge is 2.30. The van der Waals surface area contributed by atoms with Crippen molar-refractivity contribution in [3.63, 3.8) is 0 Å². The van der Waals surface area contributed by atoms with Crippen LogP contribution in [0.1, 0.15) is 55.0 Å². The smallest absolute Gasteiger partial charge is 0.294 e. The van der Waals surface area contributed by atoms with E-state index in [-0.39, 0.29) is 16.3 Å². The SMILES string of the molecule is Cc1ncnc(C2CC2)c1-c1ncc2nc(NCc3ccc(S(C)(=O)=O)cc3)c(=O)n(CC3CCC3)c2n1. The van der Waals surface area contributed by atoms with Gasteiger partial charge in [0.1, 0.15) is 11.8 Å².